The van der Waals surface area contributed by atoms with E-state index in [-0.39, 0.29) is 17.7 Å². The third-order valence-corrected chi connectivity index (χ3v) is 3.49. The second kappa shape index (κ2) is 6.39. The van der Waals surface area contributed by atoms with Crippen LogP contribution in [0.4, 0.5) is 0 Å². The fourth-order valence-electron chi connectivity index (χ4n) is 1.93. The van der Waals surface area contributed by atoms with Gasteiger partial charge in [-0.05, 0) is 26.3 Å². The lowest BCUT2D eigenvalue weighted by atomic mass is 10.0. The van der Waals surface area contributed by atoms with E-state index in [0.29, 0.717) is 16.8 Å². The van der Waals surface area contributed by atoms with E-state index in [1.807, 2.05) is 32.9 Å². The third-order valence-electron chi connectivity index (χ3n) is 3.49. The summed E-state index contributed by atoms with van der Waals surface area (Å²) in [6.07, 6.45) is 2.44. The van der Waals surface area contributed by atoms with E-state index >= 15 is 0 Å². The molecular weight excluding hydrogens is 264 g/mol. The first kappa shape index (κ1) is 15.0. The number of benzene rings is 1. The fraction of sp³-hybridized carbons (Fsp3) is 0.294. The lowest BCUT2D eigenvalue weighted by Gasteiger charge is -2.09. The molecule has 1 aromatic carbocycles. The molecule has 110 valence electrons. The highest BCUT2D eigenvalue weighted by Gasteiger charge is 2.15. The van der Waals surface area contributed by atoms with Gasteiger partial charge in [0.2, 0.25) is 0 Å². The van der Waals surface area contributed by atoms with Crippen molar-refractivity contribution in [3.63, 3.8) is 0 Å². The van der Waals surface area contributed by atoms with Crippen molar-refractivity contribution in [3.8, 4) is 0 Å². The number of aromatic nitrogens is 1. The standard InChI is InChI=1S/C17H20N2O2/c1-4-12(3)19-17(21)15-9-14(10-18-15)16(20)13-7-5-11(2)6-8-13/h5-10,12,18H,4H2,1-3H3,(H,19,21). The van der Waals surface area contributed by atoms with Crippen LogP contribution in [-0.2, 0) is 0 Å². The Balaban J connectivity index is 2.14. The van der Waals surface area contributed by atoms with Crippen molar-refractivity contribution < 1.29 is 9.59 Å². The van der Waals surface area contributed by atoms with Crippen molar-refractivity contribution in [2.75, 3.05) is 0 Å². The Labute approximate surface area is 124 Å². The van der Waals surface area contributed by atoms with Crippen molar-refractivity contribution in [3.05, 3.63) is 58.9 Å². The summed E-state index contributed by atoms with van der Waals surface area (Å²) in [5.74, 6) is -0.277. The number of hydrogen-bond donors (Lipinski definition) is 2. The number of amides is 1. The lowest BCUT2D eigenvalue weighted by molar-refractivity contribution is 0.0934. The van der Waals surface area contributed by atoms with Crippen molar-refractivity contribution >= 4 is 11.7 Å². The van der Waals surface area contributed by atoms with Crippen LogP contribution < -0.4 is 5.32 Å². The molecule has 0 radical (unpaired) electrons. The second-order valence-electron chi connectivity index (χ2n) is 5.28. The van der Waals surface area contributed by atoms with Gasteiger partial charge in [-0.3, -0.25) is 9.59 Å². The molecule has 1 heterocycles. The van der Waals surface area contributed by atoms with Gasteiger partial charge >= 0.3 is 0 Å². The van der Waals surface area contributed by atoms with Gasteiger partial charge in [-0.15, -0.1) is 0 Å². The van der Waals surface area contributed by atoms with E-state index < -0.39 is 0 Å². The zero-order chi connectivity index (χ0) is 15.4. The summed E-state index contributed by atoms with van der Waals surface area (Å²) in [6.45, 7) is 5.92. The van der Waals surface area contributed by atoms with Crippen molar-refractivity contribution in [2.45, 2.75) is 33.2 Å². The van der Waals surface area contributed by atoms with E-state index in [9.17, 15) is 9.59 Å². The molecule has 4 nitrogen and oxygen atoms in total. The van der Waals surface area contributed by atoms with Gasteiger partial charge in [-0.1, -0.05) is 36.8 Å². The maximum atomic E-state index is 12.3. The molecule has 21 heavy (non-hydrogen) atoms. The third kappa shape index (κ3) is 3.60. The number of aryl methyl sites for hydroxylation is 1. The van der Waals surface area contributed by atoms with Crippen LogP contribution in [0.3, 0.4) is 0 Å². The predicted molar refractivity (Wildman–Crippen MR) is 82.6 cm³/mol. The minimum Gasteiger partial charge on any atom is -0.356 e. The molecule has 0 aliphatic heterocycles. The zero-order valence-corrected chi connectivity index (χ0v) is 12.6. The molecular formula is C17H20N2O2. The maximum Gasteiger partial charge on any atom is 0.267 e. The molecule has 0 saturated heterocycles. The highest BCUT2D eigenvalue weighted by Crippen LogP contribution is 2.12. The number of rotatable bonds is 5. The van der Waals surface area contributed by atoms with E-state index in [1.165, 1.54) is 0 Å². The molecule has 1 amide bonds. The van der Waals surface area contributed by atoms with Gasteiger partial charge in [0.15, 0.2) is 5.78 Å². The summed E-state index contributed by atoms with van der Waals surface area (Å²) in [5, 5.41) is 2.86. The van der Waals surface area contributed by atoms with Crippen LogP contribution in [-0.4, -0.2) is 22.7 Å². The smallest absolute Gasteiger partial charge is 0.267 e. The highest BCUT2D eigenvalue weighted by atomic mass is 16.2. The van der Waals surface area contributed by atoms with Crippen molar-refractivity contribution in [1.82, 2.24) is 10.3 Å². The Hall–Kier alpha value is -2.36. The molecule has 0 saturated carbocycles. The summed E-state index contributed by atoms with van der Waals surface area (Å²) < 4.78 is 0. The largest absolute Gasteiger partial charge is 0.356 e. The molecule has 1 aromatic heterocycles. The molecule has 2 rings (SSSR count). The molecule has 0 bridgehead atoms. The van der Waals surface area contributed by atoms with Crippen LogP contribution in [0.2, 0.25) is 0 Å². The van der Waals surface area contributed by atoms with Gasteiger partial charge in [-0.2, -0.15) is 0 Å². The van der Waals surface area contributed by atoms with Crippen molar-refractivity contribution in [1.29, 1.82) is 0 Å². The molecule has 0 spiro atoms. The summed E-state index contributed by atoms with van der Waals surface area (Å²) in [6, 6.07) is 9.09. The Morgan fingerprint density at radius 1 is 1.19 bits per heavy atom. The Morgan fingerprint density at radius 3 is 2.48 bits per heavy atom. The minimum atomic E-state index is -0.188. The number of carbonyl (C=O) groups is 2. The number of carbonyl (C=O) groups excluding carboxylic acids is 2. The van der Waals surface area contributed by atoms with Gasteiger partial charge in [0.25, 0.3) is 5.91 Å². The van der Waals surface area contributed by atoms with Gasteiger partial charge in [0, 0.05) is 23.4 Å². The van der Waals surface area contributed by atoms with Gasteiger partial charge in [0.05, 0.1) is 0 Å². The number of H-pyrrole nitrogens is 1. The van der Waals surface area contributed by atoms with E-state index in [0.717, 1.165) is 12.0 Å². The van der Waals surface area contributed by atoms with Gasteiger partial charge in [0.1, 0.15) is 5.69 Å². The van der Waals surface area contributed by atoms with E-state index in [4.69, 9.17) is 0 Å². The molecule has 1 unspecified atom stereocenters. The van der Waals surface area contributed by atoms with Crippen LogP contribution >= 0.6 is 0 Å². The normalized spacial score (nSPS) is 12.0. The summed E-state index contributed by atoms with van der Waals surface area (Å²) in [7, 11) is 0. The summed E-state index contributed by atoms with van der Waals surface area (Å²) in [5.41, 5.74) is 2.63. The van der Waals surface area contributed by atoms with Crippen molar-refractivity contribution in [2.24, 2.45) is 0 Å². The SMILES string of the molecule is CCC(C)NC(=O)c1cc(C(=O)c2ccc(C)cc2)c[nH]1. The molecule has 0 aliphatic carbocycles. The number of aromatic amines is 1. The molecule has 0 fully saturated rings. The first-order chi connectivity index (χ1) is 10.0. The Kier molecular flexibility index (Phi) is 4.58. The highest BCUT2D eigenvalue weighted by molar-refractivity contribution is 6.10. The first-order valence-corrected chi connectivity index (χ1v) is 7.12. The van der Waals surface area contributed by atoms with Crippen LogP contribution in [0.5, 0.6) is 0 Å². The minimum absolute atomic E-state index is 0.0890. The van der Waals surface area contributed by atoms with E-state index in [1.54, 1.807) is 24.4 Å². The number of ketones is 1. The second-order valence-corrected chi connectivity index (χ2v) is 5.28. The molecule has 2 N–H and O–H groups in total. The van der Waals surface area contributed by atoms with Crippen LogP contribution in [0.15, 0.2) is 36.5 Å². The molecule has 0 aliphatic rings. The first-order valence-electron chi connectivity index (χ1n) is 7.12. The fourth-order valence-corrected chi connectivity index (χ4v) is 1.93. The lowest BCUT2D eigenvalue weighted by Crippen LogP contribution is -2.32. The topological polar surface area (TPSA) is 62.0 Å². The number of hydrogen-bond acceptors (Lipinski definition) is 2. The average Bonchev–Trinajstić information content (AvgIpc) is 2.97. The average molecular weight is 284 g/mol. The Morgan fingerprint density at radius 2 is 1.86 bits per heavy atom. The van der Waals surface area contributed by atoms with Crippen LogP contribution in [0, 0.1) is 6.92 Å². The predicted octanol–water partition coefficient (Wildman–Crippen LogP) is 3.08. The number of nitrogens with one attached hydrogen (secondary N) is 2. The summed E-state index contributed by atoms with van der Waals surface area (Å²) >= 11 is 0. The summed E-state index contributed by atoms with van der Waals surface area (Å²) in [4.78, 5) is 27.2. The monoisotopic (exact) mass is 284 g/mol. The molecule has 4 heteroatoms. The Bertz CT molecular complexity index is 641. The van der Waals surface area contributed by atoms with Crippen LogP contribution in [0.25, 0.3) is 0 Å². The van der Waals surface area contributed by atoms with E-state index in [2.05, 4.69) is 10.3 Å². The zero-order valence-electron chi connectivity index (χ0n) is 12.6. The van der Waals surface area contributed by atoms with Crippen LogP contribution in [0.1, 0.15) is 52.2 Å². The molecule has 2 aromatic rings. The van der Waals surface area contributed by atoms with Gasteiger partial charge in [-0.25, -0.2) is 0 Å². The molecule has 1 atom stereocenters. The van der Waals surface area contributed by atoms with Gasteiger partial charge < -0.3 is 10.3 Å². The quantitative estimate of drug-likeness (QED) is 0.829. The maximum absolute atomic E-state index is 12.3.